The SMILES string of the molecule is COc1ccc(F)c(Nc2nnc(C)c(C)c2C#N)c1. The van der Waals surface area contributed by atoms with Gasteiger partial charge in [-0.05, 0) is 31.5 Å². The standard InChI is InChI=1S/C14H13FN4O/c1-8-9(2)18-19-14(11(8)7-16)17-13-6-10(20-3)4-5-12(13)15/h4-6H,1-3H3,(H,17,19). The molecule has 5 nitrogen and oxygen atoms in total. The minimum atomic E-state index is -0.463. The van der Waals surface area contributed by atoms with Gasteiger partial charge in [-0.1, -0.05) is 0 Å². The van der Waals surface area contributed by atoms with Crippen molar-refractivity contribution < 1.29 is 9.13 Å². The molecule has 0 aliphatic carbocycles. The van der Waals surface area contributed by atoms with Gasteiger partial charge in [0.25, 0.3) is 0 Å². The van der Waals surface area contributed by atoms with Gasteiger partial charge in [0, 0.05) is 6.07 Å². The van der Waals surface area contributed by atoms with Gasteiger partial charge < -0.3 is 10.1 Å². The van der Waals surface area contributed by atoms with Gasteiger partial charge in [-0.25, -0.2) is 4.39 Å². The van der Waals surface area contributed by atoms with Crippen molar-refractivity contribution in [2.45, 2.75) is 13.8 Å². The van der Waals surface area contributed by atoms with E-state index < -0.39 is 5.82 Å². The number of aromatic nitrogens is 2. The second kappa shape index (κ2) is 5.53. The molecule has 102 valence electrons. The van der Waals surface area contributed by atoms with Crippen LogP contribution in [0, 0.1) is 31.0 Å². The van der Waals surface area contributed by atoms with E-state index in [-0.39, 0.29) is 11.5 Å². The summed E-state index contributed by atoms with van der Waals surface area (Å²) in [6.07, 6.45) is 0. The minimum absolute atomic E-state index is 0.179. The summed E-state index contributed by atoms with van der Waals surface area (Å²) in [5.41, 5.74) is 1.91. The predicted molar refractivity (Wildman–Crippen MR) is 72.5 cm³/mol. The van der Waals surface area contributed by atoms with Crippen LogP contribution in [-0.4, -0.2) is 17.3 Å². The fourth-order valence-electron chi connectivity index (χ4n) is 1.69. The number of anilines is 2. The van der Waals surface area contributed by atoms with E-state index in [0.717, 1.165) is 0 Å². The Labute approximate surface area is 116 Å². The molecule has 0 atom stereocenters. The van der Waals surface area contributed by atoms with Gasteiger partial charge in [0.2, 0.25) is 0 Å². The van der Waals surface area contributed by atoms with Crippen molar-refractivity contribution in [2.75, 3.05) is 12.4 Å². The number of aryl methyl sites for hydroxylation is 1. The molecule has 1 heterocycles. The topological polar surface area (TPSA) is 70.8 Å². The summed E-state index contributed by atoms with van der Waals surface area (Å²) in [7, 11) is 1.49. The van der Waals surface area contributed by atoms with Crippen molar-refractivity contribution in [3.05, 3.63) is 40.8 Å². The van der Waals surface area contributed by atoms with E-state index in [4.69, 9.17) is 4.74 Å². The van der Waals surface area contributed by atoms with Crippen LogP contribution >= 0.6 is 0 Å². The van der Waals surface area contributed by atoms with Gasteiger partial charge in [0.15, 0.2) is 5.82 Å². The number of nitrogens with zero attached hydrogens (tertiary/aromatic N) is 3. The van der Waals surface area contributed by atoms with Crippen molar-refractivity contribution >= 4 is 11.5 Å². The maximum absolute atomic E-state index is 13.8. The van der Waals surface area contributed by atoms with Crippen LogP contribution in [0.25, 0.3) is 0 Å². The molecule has 0 amide bonds. The largest absolute Gasteiger partial charge is 0.497 e. The molecular weight excluding hydrogens is 259 g/mol. The van der Waals surface area contributed by atoms with Crippen LogP contribution < -0.4 is 10.1 Å². The molecule has 2 aromatic rings. The Hall–Kier alpha value is -2.68. The van der Waals surface area contributed by atoms with Crippen LogP contribution in [-0.2, 0) is 0 Å². The van der Waals surface area contributed by atoms with Crippen LogP contribution in [0.5, 0.6) is 5.75 Å². The van der Waals surface area contributed by atoms with Crippen LogP contribution in [0.1, 0.15) is 16.8 Å². The molecule has 0 fully saturated rings. The Kier molecular flexibility index (Phi) is 3.80. The molecule has 0 bridgehead atoms. The molecule has 0 aliphatic rings. The molecule has 1 N–H and O–H groups in total. The number of nitriles is 1. The first-order valence-electron chi connectivity index (χ1n) is 5.91. The number of methoxy groups -OCH3 is 1. The van der Waals surface area contributed by atoms with Crippen LogP contribution in [0.2, 0.25) is 0 Å². The molecule has 20 heavy (non-hydrogen) atoms. The van der Waals surface area contributed by atoms with Crippen molar-refractivity contribution in [1.29, 1.82) is 5.26 Å². The average Bonchev–Trinajstić information content (AvgIpc) is 2.45. The molecule has 0 saturated heterocycles. The Morgan fingerprint density at radius 2 is 2.05 bits per heavy atom. The molecule has 0 aliphatic heterocycles. The number of halogens is 1. The lowest BCUT2D eigenvalue weighted by Gasteiger charge is -2.11. The van der Waals surface area contributed by atoms with E-state index in [2.05, 4.69) is 21.6 Å². The minimum Gasteiger partial charge on any atom is -0.497 e. The predicted octanol–water partition coefficient (Wildman–Crippen LogP) is 2.86. The normalized spacial score (nSPS) is 9.95. The van der Waals surface area contributed by atoms with Gasteiger partial charge in [-0.3, -0.25) is 0 Å². The lowest BCUT2D eigenvalue weighted by molar-refractivity contribution is 0.414. The Balaban J connectivity index is 2.45. The molecule has 0 radical (unpaired) electrons. The molecule has 0 saturated carbocycles. The fourth-order valence-corrected chi connectivity index (χ4v) is 1.69. The summed E-state index contributed by atoms with van der Waals surface area (Å²) in [6, 6.07) is 6.34. The lowest BCUT2D eigenvalue weighted by Crippen LogP contribution is -2.04. The monoisotopic (exact) mass is 272 g/mol. The highest BCUT2D eigenvalue weighted by molar-refractivity contribution is 5.65. The average molecular weight is 272 g/mol. The highest BCUT2D eigenvalue weighted by Gasteiger charge is 2.13. The zero-order valence-corrected chi connectivity index (χ0v) is 11.4. The number of benzene rings is 1. The zero-order chi connectivity index (χ0) is 14.7. The summed E-state index contributed by atoms with van der Waals surface area (Å²) in [5, 5.41) is 19.8. The summed E-state index contributed by atoms with van der Waals surface area (Å²) in [6.45, 7) is 3.54. The number of nitrogens with one attached hydrogen (secondary N) is 1. The van der Waals surface area contributed by atoms with Crippen molar-refractivity contribution in [1.82, 2.24) is 10.2 Å². The highest BCUT2D eigenvalue weighted by atomic mass is 19.1. The third-order valence-corrected chi connectivity index (χ3v) is 2.99. The molecule has 6 heteroatoms. The van der Waals surface area contributed by atoms with Crippen LogP contribution in [0.15, 0.2) is 18.2 Å². The Morgan fingerprint density at radius 3 is 2.70 bits per heavy atom. The first-order chi connectivity index (χ1) is 9.56. The number of hydrogen-bond donors (Lipinski definition) is 1. The molecule has 1 aromatic carbocycles. The third-order valence-electron chi connectivity index (χ3n) is 2.99. The zero-order valence-electron chi connectivity index (χ0n) is 11.4. The smallest absolute Gasteiger partial charge is 0.171 e. The molecule has 1 aromatic heterocycles. The summed E-state index contributed by atoms with van der Waals surface area (Å²) in [4.78, 5) is 0. The molecular formula is C14H13FN4O. The van der Waals surface area contributed by atoms with Crippen molar-refractivity contribution in [3.8, 4) is 11.8 Å². The first kappa shape index (κ1) is 13.7. The van der Waals surface area contributed by atoms with Crippen LogP contribution in [0.3, 0.4) is 0 Å². The second-order valence-corrected chi connectivity index (χ2v) is 4.22. The van der Waals surface area contributed by atoms with E-state index in [1.807, 2.05) is 0 Å². The molecule has 0 unspecified atom stereocenters. The maximum Gasteiger partial charge on any atom is 0.171 e. The fraction of sp³-hybridized carbons (Fsp3) is 0.214. The van der Waals surface area contributed by atoms with Crippen molar-refractivity contribution in [2.24, 2.45) is 0 Å². The quantitative estimate of drug-likeness (QED) is 0.930. The van der Waals surface area contributed by atoms with Gasteiger partial charge >= 0.3 is 0 Å². The van der Waals surface area contributed by atoms with E-state index in [1.165, 1.54) is 25.3 Å². The number of rotatable bonds is 3. The summed E-state index contributed by atoms with van der Waals surface area (Å²) in [5.74, 6) is 0.265. The third kappa shape index (κ3) is 2.52. The molecule has 0 spiro atoms. The van der Waals surface area contributed by atoms with E-state index >= 15 is 0 Å². The van der Waals surface area contributed by atoms with E-state index in [1.54, 1.807) is 13.8 Å². The van der Waals surface area contributed by atoms with Gasteiger partial charge in [-0.15, -0.1) is 5.10 Å². The van der Waals surface area contributed by atoms with E-state index in [9.17, 15) is 9.65 Å². The second-order valence-electron chi connectivity index (χ2n) is 4.22. The van der Waals surface area contributed by atoms with Gasteiger partial charge in [0.1, 0.15) is 23.2 Å². The number of hydrogen-bond acceptors (Lipinski definition) is 5. The lowest BCUT2D eigenvalue weighted by atomic mass is 10.1. The van der Waals surface area contributed by atoms with Crippen molar-refractivity contribution in [3.63, 3.8) is 0 Å². The van der Waals surface area contributed by atoms with Gasteiger partial charge in [0.05, 0.1) is 18.5 Å². The Morgan fingerprint density at radius 1 is 1.30 bits per heavy atom. The van der Waals surface area contributed by atoms with Gasteiger partial charge in [-0.2, -0.15) is 10.4 Å². The Bertz CT molecular complexity index is 694. The summed E-state index contributed by atoms with van der Waals surface area (Å²) < 4.78 is 18.8. The highest BCUT2D eigenvalue weighted by Crippen LogP contribution is 2.26. The maximum atomic E-state index is 13.8. The summed E-state index contributed by atoms with van der Waals surface area (Å²) >= 11 is 0. The van der Waals surface area contributed by atoms with Crippen LogP contribution in [0.4, 0.5) is 15.9 Å². The molecule has 2 rings (SSSR count). The first-order valence-corrected chi connectivity index (χ1v) is 5.91. The number of ether oxygens (including phenoxy) is 1. The van der Waals surface area contributed by atoms with E-state index in [0.29, 0.717) is 22.6 Å².